The molecule has 112 valence electrons. The van der Waals surface area contributed by atoms with Gasteiger partial charge in [0.2, 0.25) is 0 Å². The topological polar surface area (TPSA) is 34.1 Å². The number of hydrogen-bond donors (Lipinski definition) is 0. The molecule has 4 heteroatoms. The van der Waals surface area contributed by atoms with Crippen molar-refractivity contribution in [3.05, 3.63) is 46.2 Å². The Morgan fingerprint density at radius 3 is 2.57 bits per heavy atom. The van der Waals surface area contributed by atoms with Gasteiger partial charge in [-0.3, -0.25) is 9.59 Å². The third kappa shape index (κ3) is 4.75. The summed E-state index contributed by atoms with van der Waals surface area (Å²) in [7, 11) is 0. The molecule has 0 aliphatic carbocycles. The van der Waals surface area contributed by atoms with Gasteiger partial charge < -0.3 is 0 Å². The summed E-state index contributed by atoms with van der Waals surface area (Å²) in [5.41, 5.74) is 0.847. The van der Waals surface area contributed by atoms with Crippen molar-refractivity contribution in [3.63, 3.8) is 0 Å². The molecule has 1 atom stereocenters. The first kappa shape index (κ1) is 16.4. The maximum absolute atomic E-state index is 12.0. The van der Waals surface area contributed by atoms with Crippen molar-refractivity contribution in [1.29, 1.82) is 0 Å². The van der Waals surface area contributed by atoms with E-state index in [9.17, 15) is 9.59 Å². The van der Waals surface area contributed by atoms with E-state index in [-0.39, 0.29) is 22.2 Å². The third-order valence-electron chi connectivity index (χ3n) is 3.28. The van der Waals surface area contributed by atoms with Crippen LogP contribution in [0.4, 0.5) is 0 Å². The molecule has 1 aromatic carbocycles. The van der Waals surface area contributed by atoms with Gasteiger partial charge in [0, 0.05) is 27.4 Å². The quantitative estimate of drug-likeness (QED) is 0.810. The maximum Gasteiger partial charge on any atom is 0.158 e. The molecule has 0 saturated heterocycles. The number of carbonyl (C=O) groups excluding carboxylic acids is 2. The molecule has 21 heavy (non-hydrogen) atoms. The molecule has 1 aliphatic heterocycles. The zero-order chi connectivity index (χ0) is 15.5. The van der Waals surface area contributed by atoms with Crippen molar-refractivity contribution >= 4 is 35.1 Å². The van der Waals surface area contributed by atoms with Crippen molar-refractivity contribution in [3.8, 4) is 0 Å². The second kappa shape index (κ2) is 6.84. The molecule has 1 aromatic rings. The Balaban J connectivity index is 2.01. The van der Waals surface area contributed by atoms with Crippen LogP contribution in [0.25, 0.3) is 0 Å². The van der Waals surface area contributed by atoms with Crippen LogP contribution in [0.1, 0.15) is 38.0 Å². The van der Waals surface area contributed by atoms with Crippen LogP contribution in [0.5, 0.6) is 0 Å². The summed E-state index contributed by atoms with van der Waals surface area (Å²) in [6, 6.07) is 10.1. The predicted octanol–water partition coefficient (Wildman–Crippen LogP) is 4.62. The van der Waals surface area contributed by atoms with Gasteiger partial charge in [-0.25, -0.2) is 0 Å². The molecular formula is C17H20O2S2. The second-order valence-corrected chi connectivity index (χ2v) is 8.63. The average Bonchev–Trinajstić information content (AvgIpc) is 2.44. The van der Waals surface area contributed by atoms with E-state index in [2.05, 4.69) is 12.1 Å². The molecule has 0 radical (unpaired) electrons. The summed E-state index contributed by atoms with van der Waals surface area (Å²) in [6.07, 6.45) is 2.22. The lowest BCUT2D eigenvalue weighted by Gasteiger charge is -2.22. The number of hydrogen-bond acceptors (Lipinski definition) is 4. The zero-order valence-corrected chi connectivity index (χ0v) is 14.2. The zero-order valence-electron chi connectivity index (χ0n) is 12.6. The van der Waals surface area contributed by atoms with E-state index in [0.29, 0.717) is 12.2 Å². The predicted molar refractivity (Wildman–Crippen MR) is 91.4 cm³/mol. The van der Waals surface area contributed by atoms with Gasteiger partial charge in [0.25, 0.3) is 0 Å². The van der Waals surface area contributed by atoms with Crippen LogP contribution in [-0.4, -0.2) is 17.3 Å². The lowest BCUT2D eigenvalue weighted by atomic mass is 9.92. The molecule has 0 aromatic heterocycles. The summed E-state index contributed by atoms with van der Waals surface area (Å²) in [6.45, 7) is 5.78. The largest absolute Gasteiger partial charge is 0.298 e. The molecule has 0 amide bonds. The Bertz CT molecular complexity index is 556. The van der Waals surface area contributed by atoms with E-state index < -0.39 is 0 Å². The Hall–Kier alpha value is -1.00. The molecule has 1 heterocycles. The molecular weight excluding hydrogens is 300 g/mol. The van der Waals surface area contributed by atoms with E-state index in [1.54, 1.807) is 17.8 Å². The van der Waals surface area contributed by atoms with Crippen LogP contribution in [-0.2, 0) is 9.59 Å². The smallest absolute Gasteiger partial charge is 0.158 e. The molecule has 2 rings (SSSR count). The molecule has 0 saturated carbocycles. The van der Waals surface area contributed by atoms with E-state index in [1.807, 2.05) is 39.0 Å². The summed E-state index contributed by atoms with van der Waals surface area (Å²) in [5.74, 6) is 0.786. The Morgan fingerprint density at radius 2 is 1.95 bits per heavy atom. The first-order chi connectivity index (χ1) is 9.86. The number of allylic oxidation sites excluding steroid dienone is 1. The fourth-order valence-electron chi connectivity index (χ4n) is 1.87. The minimum Gasteiger partial charge on any atom is -0.298 e. The van der Waals surface area contributed by atoms with Gasteiger partial charge in [-0.1, -0.05) is 51.1 Å². The number of thioether (sulfide) groups is 2. The highest BCUT2D eigenvalue weighted by molar-refractivity contribution is 8.22. The monoisotopic (exact) mass is 320 g/mol. The average molecular weight is 320 g/mol. The van der Waals surface area contributed by atoms with Crippen LogP contribution in [0.2, 0.25) is 0 Å². The molecule has 2 nitrogen and oxygen atoms in total. The Labute approximate surface area is 134 Å². The van der Waals surface area contributed by atoms with Gasteiger partial charge in [-0.2, -0.15) is 0 Å². The van der Waals surface area contributed by atoms with Crippen molar-refractivity contribution in [2.45, 2.75) is 32.4 Å². The van der Waals surface area contributed by atoms with Gasteiger partial charge in [0.05, 0.1) is 5.75 Å². The fourth-order valence-corrected chi connectivity index (χ4v) is 4.61. The number of benzene rings is 1. The Kier molecular flexibility index (Phi) is 5.33. The van der Waals surface area contributed by atoms with Crippen molar-refractivity contribution in [1.82, 2.24) is 0 Å². The van der Waals surface area contributed by atoms with Crippen LogP contribution in [0, 0.1) is 5.41 Å². The van der Waals surface area contributed by atoms with Gasteiger partial charge in [-0.05, 0) is 5.56 Å². The van der Waals surface area contributed by atoms with Gasteiger partial charge in [-0.15, -0.1) is 23.5 Å². The van der Waals surface area contributed by atoms with Crippen molar-refractivity contribution in [2.24, 2.45) is 5.41 Å². The van der Waals surface area contributed by atoms with E-state index in [1.165, 1.54) is 17.3 Å². The summed E-state index contributed by atoms with van der Waals surface area (Å²) < 4.78 is 0.956. The SMILES string of the molecule is CC(C)(C)C(=O)CSC1=CC(=O)CC(c2ccccc2)S1. The standard InChI is InChI=1S/C17H20O2S2/c1-17(2,3)15(19)11-20-16-10-13(18)9-14(21-16)12-7-5-4-6-8-12/h4-8,10,14H,9,11H2,1-3H3. The van der Waals surface area contributed by atoms with Gasteiger partial charge in [0.1, 0.15) is 5.78 Å². The maximum atomic E-state index is 12.0. The first-order valence-electron chi connectivity index (χ1n) is 6.98. The lowest BCUT2D eigenvalue weighted by molar-refractivity contribution is -0.123. The normalized spacial score (nSPS) is 19.3. The van der Waals surface area contributed by atoms with Crippen LogP contribution < -0.4 is 0 Å². The van der Waals surface area contributed by atoms with E-state index in [4.69, 9.17) is 0 Å². The molecule has 1 unspecified atom stereocenters. The number of carbonyl (C=O) groups is 2. The molecule has 0 fully saturated rings. The van der Waals surface area contributed by atoms with Crippen molar-refractivity contribution in [2.75, 3.05) is 5.75 Å². The van der Waals surface area contributed by atoms with Crippen LogP contribution >= 0.6 is 23.5 Å². The highest BCUT2D eigenvalue weighted by Crippen LogP contribution is 2.45. The molecule has 0 bridgehead atoms. The molecule has 0 N–H and O–H groups in total. The highest BCUT2D eigenvalue weighted by atomic mass is 32.2. The van der Waals surface area contributed by atoms with E-state index in [0.717, 1.165) is 4.24 Å². The summed E-state index contributed by atoms with van der Waals surface area (Å²) in [4.78, 5) is 23.9. The Morgan fingerprint density at radius 1 is 1.29 bits per heavy atom. The van der Waals surface area contributed by atoms with Crippen molar-refractivity contribution < 1.29 is 9.59 Å². The third-order valence-corrected chi connectivity index (χ3v) is 5.80. The molecule has 1 aliphatic rings. The minimum absolute atomic E-state index is 0.147. The second-order valence-electron chi connectivity index (χ2n) is 6.11. The van der Waals surface area contributed by atoms with Crippen LogP contribution in [0.15, 0.2) is 40.6 Å². The summed E-state index contributed by atoms with van der Waals surface area (Å²) in [5, 5.41) is 0.163. The minimum atomic E-state index is -0.324. The highest BCUT2D eigenvalue weighted by Gasteiger charge is 2.25. The molecule has 0 spiro atoms. The fraction of sp³-hybridized carbons (Fsp3) is 0.412. The first-order valence-corrected chi connectivity index (χ1v) is 8.85. The van der Waals surface area contributed by atoms with Crippen LogP contribution in [0.3, 0.4) is 0 Å². The van der Waals surface area contributed by atoms with Gasteiger partial charge >= 0.3 is 0 Å². The van der Waals surface area contributed by atoms with E-state index >= 15 is 0 Å². The number of Topliss-reactive ketones (excluding diaryl/α,β-unsaturated/α-hetero) is 1. The number of rotatable bonds is 4. The lowest BCUT2D eigenvalue weighted by Crippen LogP contribution is -2.22. The summed E-state index contributed by atoms with van der Waals surface area (Å²) >= 11 is 3.18. The number of ketones is 2. The van der Waals surface area contributed by atoms with Gasteiger partial charge in [0.15, 0.2) is 5.78 Å².